The van der Waals surface area contributed by atoms with Crippen molar-refractivity contribution in [1.29, 1.82) is 0 Å². The molecule has 0 aromatic heterocycles. The van der Waals surface area contributed by atoms with Crippen molar-refractivity contribution in [1.82, 2.24) is 5.32 Å². The Labute approximate surface area is 463 Å². The Bertz CT molecular complexity index is 1630. The molecular formula is C66H115N2O6P. The number of aliphatic hydroxyl groups excluding tert-OH is 1. The van der Waals surface area contributed by atoms with Crippen LogP contribution in [0.2, 0.25) is 0 Å². The smallest absolute Gasteiger partial charge is 0.268 e. The van der Waals surface area contributed by atoms with Gasteiger partial charge >= 0.3 is 0 Å². The molecule has 0 bridgehead atoms. The van der Waals surface area contributed by atoms with Crippen molar-refractivity contribution in [2.45, 2.75) is 251 Å². The molecule has 8 nitrogen and oxygen atoms in total. The normalized spacial score (nSPS) is 14.7. The second kappa shape index (κ2) is 55.6. The van der Waals surface area contributed by atoms with E-state index in [1.54, 1.807) is 6.08 Å². The number of amides is 1. The summed E-state index contributed by atoms with van der Waals surface area (Å²) in [6.45, 7) is 4.51. The fraction of sp³-hybridized carbons (Fsp3) is 0.682. The first-order valence-electron chi connectivity index (χ1n) is 30.4. The van der Waals surface area contributed by atoms with E-state index in [9.17, 15) is 19.4 Å². The second-order valence-corrected chi connectivity index (χ2v) is 22.7. The third-order valence-corrected chi connectivity index (χ3v) is 13.9. The average molecular weight is 1060 g/mol. The van der Waals surface area contributed by atoms with E-state index in [0.29, 0.717) is 23.9 Å². The number of aliphatic hydroxyl groups is 1. The van der Waals surface area contributed by atoms with Crippen LogP contribution >= 0.6 is 7.82 Å². The number of hydrogen-bond donors (Lipinski definition) is 2. The number of likely N-dealkylation sites (N-methyl/N-ethyl adjacent to an activating group) is 1. The van der Waals surface area contributed by atoms with E-state index in [4.69, 9.17) is 9.05 Å². The van der Waals surface area contributed by atoms with Crippen molar-refractivity contribution in [3.8, 4) is 0 Å². The van der Waals surface area contributed by atoms with Gasteiger partial charge in [-0.1, -0.05) is 264 Å². The van der Waals surface area contributed by atoms with Gasteiger partial charge in [-0.3, -0.25) is 9.36 Å². The van der Waals surface area contributed by atoms with Crippen molar-refractivity contribution in [3.05, 3.63) is 122 Å². The highest BCUT2D eigenvalue weighted by Crippen LogP contribution is 2.38. The Morgan fingerprint density at radius 2 is 0.813 bits per heavy atom. The number of nitrogens with one attached hydrogen (secondary N) is 1. The zero-order chi connectivity index (χ0) is 54.9. The zero-order valence-corrected chi connectivity index (χ0v) is 49.8. The van der Waals surface area contributed by atoms with Crippen molar-refractivity contribution < 1.29 is 32.9 Å². The van der Waals surface area contributed by atoms with E-state index in [2.05, 4.69) is 129 Å². The summed E-state index contributed by atoms with van der Waals surface area (Å²) in [4.78, 5) is 25.5. The summed E-state index contributed by atoms with van der Waals surface area (Å²) < 4.78 is 23.4. The SMILES string of the molecule is CC/C=C\C/C=C\C/C=C\C/C=C\C/C=C\C/C=C\C/C=C\C/C=C\C/C=C\CCCCCC(=O)NC(COP(=O)([O-])OCC[N+](C)(C)C)C(O)/C=C/CCCCCCCCCCCCCCCCCCCCCC. The largest absolute Gasteiger partial charge is 0.756 e. The third kappa shape index (κ3) is 58.4. The van der Waals surface area contributed by atoms with Crippen LogP contribution < -0.4 is 10.2 Å². The van der Waals surface area contributed by atoms with Crippen LogP contribution in [0.1, 0.15) is 239 Å². The van der Waals surface area contributed by atoms with Crippen LogP contribution in [0.5, 0.6) is 0 Å². The fourth-order valence-electron chi connectivity index (χ4n) is 8.20. The van der Waals surface area contributed by atoms with E-state index in [1.165, 1.54) is 116 Å². The molecule has 0 aliphatic carbocycles. The Morgan fingerprint density at radius 3 is 1.19 bits per heavy atom. The maximum atomic E-state index is 13.0. The summed E-state index contributed by atoms with van der Waals surface area (Å²) in [5.74, 6) is -0.232. The maximum absolute atomic E-state index is 13.0. The highest BCUT2D eigenvalue weighted by molar-refractivity contribution is 7.45. The molecule has 0 saturated carbocycles. The molecule has 1 amide bonds. The number of carbonyl (C=O) groups excluding carboxylic acids is 1. The van der Waals surface area contributed by atoms with Crippen LogP contribution in [0.3, 0.4) is 0 Å². The van der Waals surface area contributed by atoms with Gasteiger partial charge in [0.05, 0.1) is 39.9 Å². The summed E-state index contributed by atoms with van der Waals surface area (Å²) in [5.41, 5.74) is 0. The van der Waals surface area contributed by atoms with E-state index >= 15 is 0 Å². The van der Waals surface area contributed by atoms with E-state index in [0.717, 1.165) is 96.3 Å². The van der Waals surface area contributed by atoms with E-state index < -0.39 is 26.6 Å². The lowest BCUT2D eigenvalue weighted by Crippen LogP contribution is -2.45. The van der Waals surface area contributed by atoms with Gasteiger partial charge in [0.15, 0.2) is 0 Å². The predicted octanol–water partition coefficient (Wildman–Crippen LogP) is 18.3. The minimum atomic E-state index is -4.62. The van der Waals surface area contributed by atoms with E-state index in [-0.39, 0.29) is 12.5 Å². The molecule has 430 valence electrons. The topological polar surface area (TPSA) is 108 Å². The molecule has 0 aromatic rings. The van der Waals surface area contributed by atoms with Crippen LogP contribution in [0.25, 0.3) is 0 Å². The van der Waals surface area contributed by atoms with Gasteiger partial charge in [-0.15, -0.1) is 0 Å². The predicted molar refractivity (Wildman–Crippen MR) is 325 cm³/mol. The van der Waals surface area contributed by atoms with Gasteiger partial charge in [-0.05, 0) is 89.9 Å². The standard InChI is InChI=1S/C66H115N2O6P/c1-6-8-10-12-14-16-18-20-22-24-26-28-30-31-32-33-34-35-36-37-38-40-42-44-46-48-50-52-54-56-58-60-66(70)67-64(63-74-75(71,72)73-62-61-68(3,4)5)65(69)59-57-55-53-51-49-47-45-43-41-39-29-27-25-23-21-19-17-15-13-11-9-7-2/h8,10,14,16,20,22,26,28,31-32,34-35,37-38,42,44,48,50,57,59,64-65,69H,6-7,9,11-13,15,17-19,21,23-25,27,29-30,33,36,39-41,43,45-47,49,51-56,58,60-63H2,1-5H3,(H-,67,70,71,72)/b10-8-,16-14-,22-20-,28-26-,32-31-,35-34-,38-37-,44-42-,50-48-,59-57+. The number of carbonyl (C=O) groups is 1. The van der Waals surface area contributed by atoms with Gasteiger partial charge in [0, 0.05) is 6.42 Å². The molecule has 0 radical (unpaired) electrons. The highest BCUT2D eigenvalue weighted by Gasteiger charge is 2.23. The molecule has 0 aromatic carbocycles. The molecule has 0 spiro atoms. The zero-order valence-electron chi connectivity index (χ0n) is 49.0. The first-order valence-corrected chi connectivity index (χ1v) is 31.9. The summed E-state index contributed by atoms with van der Waals surface area (Å²) in [6.07, 6.45) is 82.8. The molecule has 0 saturated heterocycles. The molecule has 0 rings (SSSR count). The highest BCUT2D eigenvalue weighted by atomic mass is 31.2. The van der Waals surface area contributed by atoms with Crippen LogP contribution in [0.4, 0.5) is 0 Å². The molecule has 0 aliphatic rings. The Hall–Kier alpha value is -3.10. The summed E-state index contributed by atoms with van der Waals surface area (Å²) in [6, 6.07) is -0.915. The number of nitrogens with zero attached hydrogens (tertiary/aromatic N) is 1. The van der Waals surface area contributed by atoms with Gasteiger partial charge in [0.2, 0.25) is 5.91 Å². The second-order valence-electron chi connectivity index (χ2n) is 21.3. The van der Waals surface area contributed by atoms with Gasteiger partial charge in [0.25, 0.3) is 7.82 Å². The molecule has 0 heterocycles. The number of allylic oxidation sites excluding steroid dienone is 19. The maximum Gasteiger partial charge on any atom is 0.268 e. The van der Waals surface area contributed by atoms with Crippen molar-refractivity contribution in [2.24, 2.45) is 0 Å². The molecule has 0 aliphatic heterocycles. The van der Waals surface area contributed by atoms with Crippen molar-refractivity contribution in [3.63, 3.8) is 0 Å². The fourth-order valence-corrected chi connectivity index (χ4v) is 8.93. The van der Waals surface area contributed by atoms with Gasteiger partial charge in [-0.2, -0.15) is 0 Å². The minimum absolute atomic E-state index is 0.0143. The lowest BCUT2D eigenvalue weighted by Gasteiger charge is -2.29. The Balaban J connectivity index is 4.32. The molecule has 3 atom stereocenters. The minimum Gasteiger partial charge on any atom is -0.756 e. The monoisotopic (exact) mass is 1060 g/mol. The van der Waals surface area contributed by atoms with Crippen molar-refractivity contribution in [2.75, 3.05) is 40.9 Å². The van der Waals surface area contributed by atoms with Crippen LogP contribution in [-0.4, -0.2) is 68.5 Å². The molecule has 75 heavy (non-hydrogen) atoms. The third-order valence-electron chi connectivity index (χ3n) is 12.9. The molecular weight excluding hydrogens is 948 g/mol. The Morgan fingerprint density at radius 1 is 0.480 bits per heavy atom. The Kier molecular flexibility index (Phi) is 53.3. The number of phosphoric acid groups is 1. The summed E-state index contributed by atoms with van der Waals surface area (Å²) >= 11 is 0. The lowest BCUT2D eigenvalue weighted by molar-refractivity contribution is -0.870. The summed E-state index contributed by atoms with van der Waals surface area (Å²) in [7, 11) is 1.22. The summed E-state index contributed by atoms with van der Waals surface area (Å²) in [5, 5.41) is 13.9. The molecule has 9 heteroatoms. The van der Waals surface area contributed by atoms with Crippen LogP contribution in [-0.2, 0) is 18.4 Å². The number of quaternary nitrogens is 1. The lowest BCUT2D eigenvalue weighted by atomic mass is 10.0. The molecule has 3 unspecified atom stereocenters. The number of unbranched alkanes of at least 4 members (excludes halogenated alkanes) is 23. The van der Waals surface area contributed by atoms with Gasteiger partial charge < -0.3 is 28.8 Å². The first-order chi connectivity index (χ1) is 36.5. The van der Waals surface area contributed by atoms with Crippen LogP contribution in [0.15, 0.2) is 122 Å². The van der Waals surface area contributed by atoms with Crippen molar-refractivity contribution >= 4 is 13.7 Å². The molecule has 2 N–H and O–H groups in total. The van der Waals surface area contributed by atoms with Gasteiger partial charge in [0.1, 0.15) is 13.2 Å². The number of hydrogen-bond acceptors (Lipinski definition) is 6. The van der Waals surface area contributed by atoms with E-state index in [1.807, 2.05) is 27.2 Å². The van der Waals surface area contributed by atoms with Crippen LogP contribution in [0, 0.1) is 0 Å². The quantitative estimate of drug-likeness (QED) is 0.0272. The average Bonchev–Trinajstić information content (AvgIpc) is 3.37. The molecule has 0 fully saturated rings. The number of rotatable bonds is 54. The first kappa shape index (κ1) is 71.9. The van der Waals surface area contributed by atoms with Gasteiger partial charge in [-0.25, -0.2) is 0 Å². The number of phosphoric ester groups is 1.